The molecule has 2 aromatic heterocycles. The second-order valence-corrected chi connectivity index (χ2v) is 4.80. The van der Waals surface area contributed by atoms with E-state index in [1.54, 1.807) is 28.8 Å². The van der Waals surface area contributed by atoms with Crippen molar-refractivity contribution in [3.63, 3.8) is 0 Å². The Hall–Kier alpha value is -2.21. The average molecular weight is 318 g/mol. The van der Waals surface area contributed by atoms with Crippen LogP contribution < -0.4 is 0 Å². The first-order chi connectivity index (χ1) is 9.15. The van der Waals surface area contributed by atoms with E-state index in [0.717, 1.165) is 15.7 Å². The van der Waals surface area contributed by atoms with Crippen LogP contribution in [0.1, 0.15) is 10.4 Å². The molecule has 3 rings (SSSR count). The van der Waals surface area contributed by atoms with Gasteiger partial charge in [0.15, 0.2) is 11.5 Å². The summed E-state index contributed by atoms with van der Waals surface area (Å²) in [4.78, 5) is 15.2. The predicted octanol–water partition coefficient (Wildman–Crippen LogP) is 2.86. The highest BCUT2D eigenvalue weighted by molar-refractivity contribution is 9.10. The number of rotatable bonds is 2. The van der Waals surface area contributed by atoms with Gasteiger partial charge in [-0.3, -0.25) is 0 Å². The number of hydrogen-bond acceptors (Lipinski definition) is 3. The van der Waals surface area contributed by atoms with E-state index in [2.05, 4.69) is 26.0 Å². The van der Waals surface area contributed by atoms with Crippen molar-refractivity contribution in [1.29, 1.82) is 0 Å². The van der Waals surface area contributed by atoms with Crippen LogP contribution in [0, 0.1) is 0 Å². The molecule has 0 spiro atoms. The molecule has 6 heteroatoms. The summed E-state index contributed by atoms with van der Waals surface area (Å²) in [6, 6.07) is 10.2. The molecule has 0 aliphatic rings. The van der Waals surface area contributed by atoms with Crippen molar-refractivity contribution in [3.8, 4) is 11.4 Å². The number of aromatic carboxylic acids is 1. The Balaban J connectivity index is 2.09. The van der Waals surface area contributed by atoms with Gasteiger partial charge in [0.05, 0.1) is 10.0 Å². The highest BCUT2D eigenvalue weighted by Gasteiger charge is 2.09. The summed E-state index contributed by atoms with van der Waals surface area (Å²) in [5, 5.41) is 13.2. The maximum absolute atomic E-state index is 10.8. The molecule has 0 aliphatic carbocycles. The number of carboxylic acids is 1. The van der Waals surface area contributed by atoms with E-state index >= 15 is 0 Å². The summed E-state index contributed by atoms with van der Waals surface area (Å²) in [5.74, 6) is -0.388. The number of pyridine rings is 1. The third-order valence-electron chi connectivity index (χ3n) is 2.70. The van der Waals surface area contributed by atoms with Gasteiger partial charge in [0.1, 0.15) is 0 Å². The molecule has 19 heavy (non-hydrogen) atoms. The molecular weight excluding hydrogens is 310 g/mol. The first kappa shape index (κ1) is 11.9. The molecule has 0 fully saturated rings. The van der Waals surface area contributed by atoms with Crippen molar-refractivity contribution in [3.05, 3.63) is 52.6 Å². The number of carboxylic acid groups (broad SMARTS) is 1. The van der Waals surface area contributed by atoms with Crippen molar-refractivity contribution >= 4 is 27.5 Å². The van der Waals surface area contributed by atoms with Gasteiger partial charge in [-0.1, -0.05) is 12.1 Å². The van der Waals surface area contributed by atoms with Crippen LogP contribution >= 0.6 is 15.9 Å². The van der Waals surface area contributed by atoms with Crippen molar-refractivity contribution in [2.45, 2.75) is 0 Å². The molecule has 0 unspecified atom stereocenters. The van der Waals surface area contributed by atoms with E-state index in [0.29, 0.717) is 5.82 Å². The number of nitrogens with zero attached hydrogens (tertiary/aromatic N) is 3. The molecular formula is C13H8BrN3O2. The van der Waals surface area contributed by atoms with Crippen molar-refractivity contribution in [1.82, 2.24) is 14.6 Å². The summed E-state index contributed by atoms with van der Waals surface area (Å²) in [5.41, 5.74) is 1.74. The molecule has 5 nitrogen and oxygen atoms in total. The van der Waals surface area contributed by atoms with E-state index in [1.807, 2.05) is 18.3 Å². The first-order valence-corrected chi connectivity index (χ1v) is 6.29. The van der Waals surface area contributed by atoms with E-state index < -0.39 is 5.97 Å². The molecule has 94 valence electrons. The Morgan fingerprint density at radius 3 is 2.58 bits per heavy atom. The standard InChI is InChI=1S/C13H8BrN3O2/c14-10-2-1-7-17-12(10)15-11(16-17)8-3-5-9(6-4-8)13(18)19/h1-7H,(H,18,19). The van der Waals surface area contributed by atoms with Crippen molar-refractivity contribution in [2.24, 2.45) is 0 Å². The molecule has 1 N–H and O–H groups in total. The topological polar surface area (TPSA) is 67.5 Å². The van der Waals surface area contributed by atoms with Crippen LogP contribution in [0.15, 0.2) is 47.1 Å². The molecule has 1 aromatic carbocycles. The van der Waals surface area contributed by atoms with E-state index in [-0.39, 0.29) is 5.56 Å². The molecule has 2 heterocycles. The summed E-state index contributed by atoms with van der Waals surface area (Å²) < 4.78 is 2.53. The Labute approximate surface area is 116 Å². The van der Waals surface area contributed by atoms with Crippen LogP contribution in [0.2, 0.25) is 0 Å². The quantitative estimate of drug-likeness (QED) is 0.789. The molecule has 0 amide bonds. The number of halogens is 1. The zero-order valence-corrected chi connectivity index (χ0v) is 11.2. The zero-order valence-electron chi connectivity index (χ0n) is 9.62. The molecule has 3 aromatic rings. The fourth-order valence-corrected chi connectivity index (χ4v) is 2.18. The second kappa shape index (κ2) is 4.47. The fraction of sp³-hybridized carbons (Fsp3) is 0. The summed E-state index contributed by atoms with van der Waals surface area (Å²) >= 11 is 3.41. The first-order valence-electron chi connectivity index (χ1n) is 5.50. The lowest BCUT2D eigenvalue weighted by Gasteiger charge is -1.96. The van der Waals surface area contributed by atoms with Gasteiger partial charge in [0, 0.05) is 11.8 Å². The van der Waals surface area contributed by atoms with Crippen LogP contribution in [-0.4, -0.2) is 25.7 Å². The zero-order chi connectivity index (χ0) is 13.4. The second-order valence-electron chi connectivity index (χ2n) is 3.94. The smallest absolute Gasteiger partial charge is 0.335 e. The van der Waals surface area contributed by atoms with Gasteiger partial charge in [-0.05, 0) is 40.2 Å². The Morgan fingerprint density at radius 2 is 1.95 bits per heavy atom. The minimum absolute atomic E-state index is 0.244. The van der Waals surface area contributed by atoms with Gasteiger partial charge in [-0.15, -0.1) is 5.10 Å². The third-order valence-corrected chi connectivity index (χ3v) is 3.32. The normalized spacial score (nSPS) is 10.8. The number of carbonyl (C=O) groups is 1. The lowest BCUT2D eigenvalue weighted by Crippen LogP contribution is -1.95. The van der Waals surface area contributed by atoms with Gasteiger partial charge in [0.25, 0.3) is 0 Å². The molecule has 0 saturated heterocycles. The Kier molecular flexibility index (Phi) is 2.79. The number of fused-ring (bicyclic) bond motifs is 1. The molecule has 0 atom stereocenters. The minimum Gasteiger partial charge on any atom is -0.478 e. The van der Waals surface area contributed by atoms with Crippen LogP contribution in [0.5, 0.6) is 0 Å². The van der Waals surface area contributed by atoms with Crippen LogP contribution in [0.3, 0.4) is 0 Å². The van der Waals surface area contributed by atoms with Gasteiger partial charge in [-0.2, -0.15) is 0 Å². The summed E-state index contributed by atoms with van der Waals surface area (Å²) in [7, 11) is 0. The van der Waals surface area contributed by atoms with Crippen molar-refractivity contribution < 1.29 is 9.90 Å². The maximum Gasteiger partial charge on any atom is 0.335 e. The van der Waals surface area contributed by atoms with Crippen LogP contribution in [-0.2, 0) is 0 Å². The lowest BCUT2D eigenvalue weighted by atomic mass is 10.1. The van der Waals surface area contributed by atoms with E-state index in [1.165, 1.54) is 0 Å². The largest absolute Gasteiger partial charge is 0.478 e. The minimum atomic E-state index is -0.947. The monoisotopic (exact) mass is 317 g/mol. The molecule has 0 radical (unpaired) electrons. The van der Waals surface area contributed by atoms with Gasteiger partial charge in [-0.25, -0.2) is 14.3 Å². The highest BCUT2D eigenvalue weighted by atomic mass is 79.9. The van der Waals surface area contributed by atoms with Gasteiger partial charge in [0.2, 0.25) is 0 Å². The van der Waals surface area contributed by atoms with E-state index in [9.17, 15) is 4.79 Å². The predicted molar refractivity (Wildman–Crippen MR) is 73.1 cm³/mol. The fourth-order valence-electron chi connectivity index (χ4n) is 1.76. The number of benzene rings is 1. The third kappa shape index (κ3) is 2.10. The molecule has 0 saturated carbocycles. The molecule has 0 aliphatic heterocycles. The average Bonchev–Trinajstić information content (AvgIpc) is 2.84. The number of hydrogen-bond donors (Lipinski definition) is 1. The Bertz CT molecular complexity index is 765. The van der Waals surface area contributed by atoms with Crippen LogP contribution in [0.25, 0.3) is 17.0 Å². The highest BCUT2D eigenvalue weighted by Crippen LogP contribution is 2.21. The summed E-state index contributed by atoms with van der Waals surface area (Å²) in [6.45, 7) is 0. The van der Waals surface area contributed by atoms with E-state index in [4.69, 9.17) is 5.11 Å². The molecule has 0 bridgehead atoms. The lowest BCUT2D eigenvalue weighted by molar-refractivity contribution is 0.0697. The number of aromatic nitrogens is 3. The maximum atomic E-state index is 10.8. The Morgan fingerprint density at radius 1 is 1.21 bits per heavy atom. The van der Waals surface area contributed by atoms with Crippen LogP contribution in [0.4, 0.5) is 0 Å². The summed E-state index contributed by atoms with van der Waals surface area (Å²) in [6.07, 6.45) is 1.81. The van der Waals surface area contributed by atoms with Crippen molar-refractivity contribution in [2.75, 3.05) is 0 Å². The SMILES string of the molecule is O=C(O)c1ccc(-c2nc3c(Br)cccn3n2)cc1. The van der Waals surface area contributed by atoms with Gasteiger partial charge >= 0.3 is 5.97 Å². The van der Waals surface area contributed by atoms with Gasteiger partial charge < -0.3 is 5.11 Å².